The predicted molar refractivity (Wildman–Crippen MR) is 90.3 cm³/mol. The zero-order chi connectivity index (χ0) is 16.9. The van der Waals surface area contributed by atoms with Crippen molar-refractivity contribution < 1.29 is 13.9 Å². The third-order valence-corrected chi connectivity index (χ3v) is 4.60. The van der Waals surface area contributed by atoms with Gasteiger partial charge in [-0.1, -0.05) is 6.92 Å². The molecule has 0 amide bonds. The van der Waals surface area contributed by atoms with E-state index in [1.807, 2.05) is 0 Å². The first-order valence-electron chi connectivity index (χ1n) is 8.47. The van der Waals surface area contributed by atoms with E-state index in [1.54, 1.807) is 0 Å². The van der Waals surface area contributed by atoms with Gasteiger partial charge in [-0.2, -0.15) is 0 Å². The van der Waals surface area contributed by atoms with Crippen LogP contribution < -0.4 is 15.8 Å². The van der Waals surface area contributed by atoms with Crippen molar-refractivity contribution in [1.82, 2.24) is 10.2 Å². The van der Waals surface area contributed by atoms with Crippen LogP contribution in [0.5, 0.6) is 5.75 Å². The molecule has 0 bridgehead atoms. The number of likely N-dealkylation sites (N-methyl/N-ethyl adjacent to an activating group) is 1. The Bertz CT molecular complexity index is 608. The molecule has 2 aliphatic heterocycles. The van der Waals surface area contributed by atoms with Crippen molar-refractivity contribution in [2.45, 2.75) is 39.0 Å². The van der Waals surface area contributed by atoms with E-state index in [4.69, 9.17) is 15.2 Å². The van der Waals surface area contributed by atoms with Crippen molar-refractivity contribution in [2.75, 3.05) is 26.4 Å². The van der Waals surface area contributed by atoms with Crippen molar-refractivity contribution in [3.8, 4) is 5.75 Å². The molecule has 2 heterocycles. The minimum absolute atomic E-state index is 0.178. The molecule has 0 aliphatic carbocycles. The molecule has 0 spiro atoms. The van der Waals surface area contributed by atoms with Gasteiger partial charge in [-0.3, -0.25) is 4.90 Å². The van der Waals surface area contributed by atoms with Gasteiger partial charge in [0.05, 0.1) is 13.2 Å². The Morgan fingerprint density at radius 1 is 1.50 bits per heavy atom. The summed E-state index contributed by atoms with van der Waals surface area (Å²) in [4.78, 5) is 6.77. The number of hydrogen-bond acceptors (Lipinski definition) is 4. The third kappa shape index (κ3) is 3.96. The van der Waals surface area contributed by atoms with Crippen molar-refractivity contribution in [2.24, 2.45) is 10.7 Å². The predicted octanol–water partition coefficient (Wildman–Crippen LogP) is 1.58. The van der Waals surface area contributed by atoms with E-state index in [0.717, 1.165) is 19.6 Å². The van der Waals surface area contributed by atoms with Crippen LogP contribution in [-0.4, -0.2) is 43.3 Å². The number of likely N-dealkylation sites (tertiary alicyclic amines) is 1. The van der Waals surface area contributed by atoms with Gasteiger partial charge in [0.15, 0.2) is 12.8 Å². The average Bonchev–Trinajstić information content (AvgIpc) is 3.05. The molecular formula is C17H25FN4O2. The van der Waals surface area contributed by atoms with E-state index in [0.29, 0.717) is 35.5 Å². The molecule has 0 aromatic heterocycles. The lowest BCUT2D eigenvalue weighted by Gasteiger charge is -2.23. The Hall–Kier alpha value is -1.86. The average molecular weight is 336 g/mol. The standard InChI is InChI=1S/C17H25FN4O2/c1-2-22-5-3-4-15(22)9-21-17(19)20-8-12-6-14(18)7-13-10-23-11-24-16(12)13/h6-7,15H,2-5,8-11H2,1H3,(H3,19,20,21). The highest BCUT2D eigenvalue weighted by molar-refractivity contribution is 5.77. The maximum Gasteiger partial charge on any atom is 0.189 e. The topological polar surface area (TPSA) is 72.1 Å². The molecule has 1 fully saturated rings. The largest absolute Gasteiger partial charge is 0.467 e. The Kier molecular flexibility index (Phi) is 5.52. The van der Waals surface area contributed by atoms with Crippen molar-refractivity contribution in [1.29, 1.82) is 0 Å². The highest BCUT2D eigenvalue weighted by Crippen LogP contribution is 2.29. The van der Waals surface area contributed by atoms with Gasteiger partial charge in [-0.15, -0.1) is 0 Å². The Balaban J connectivity index is 1.60. The Morgan fingerprint density at radius 3 is 3.21 bits per heavy atom. The fourth-order valence-electron chi connectivity index (χ4n) is 3.37. The van der Waals surface area contributed by atoms with Gasteiger partial charge in [0.2, 0.25) is 0 Å². The highest BCUT2D eigenvalue weighted by Gasteiger charge is 2.22. The van der Waals surface area contributed by atoms with Crippen molar-refractivity contribution in [3.05, 3.63) is 29.1 Å². The van der Waals surface area contributed by atoms with Gasteiger partial charge >= 0.3 is 0 Å². The van der Waals surface area contributed by atoms with Crippen molar-refractivity contribution in [3.63, 3.8) is 0 Å². The Morgan fingerprint density at radius 2 is 2.38 bits per heavy atom. The summed E-state index contributed by atoms with van der Waals surface area (Å²) >= 11 is 0. The van der Waals surface area contributed by atoms with E-state index in [1.165, 1.54) is 25.0 Å². The van der Waals surface area contributed by atoms with Crippen LogP contribution >= 0.6 is 0 Å². The van der Waals surface area contributed by atoms with Gasteiger partial charge in [0.1, 0.15) is 11.6 Å². The molecule has 0 radical (unpaired) electrons. The second kappa shape index (κ2) is 7.81. The van der Waals surface area contributed by atoms with Crippen LogP contribution in [0.25, 0.3) is 0 Å². The summed E-state index contributed by atoms with van der Waals surface area (Å²) in [5.74, 6) is 0.722. The van der Waals surface area contributed by atoms with E-state index < -0.39 is 0 Å². The lowest BCUT2D eigenvalue weighted by molar-refractivity contribution is -0.0172. The fraction of sp³-hybridized carbons (Fsp3) is 0.588. The number of hydrogen-bond donors (Lipinski definition) is 2. The molecule has 132 valence electrons. The summed E-state index contributed by atoms with van der Waals surface area (Å²) in [6.45, 7) is 5.97. The number of fused-ring (bicyclic) bond motifs is 1. The smallest absolute Gasteiger partial charge is 0.189 e. The van der Waals surface area contributed by atoms with E-state index >= 15 is 0 Å². The normalized spacial score (nSPS) is 21.4. The number of guanidine groups is 1. The molecule has 1 aromatic rings. The quantitative estimate of drug-likeness (QED) is 0.631. The molecule has 1 aromatic carbocycles. The summed E-state index contributed by atoms with van der Waals surface area (Å²) in [6, 6.07) is 3.38. The molecule has 1 saturated heterocycles. The number of halogens is 1. The SMILES string of the molecule is CCN1CCCC1CNC(N)=NCc1cc(F)cc2c1OCOC2. The van der Waals surface area contributed by atoms with Crippen LogP contribution in [0.3, 0.4) is 0 Å². The lowest BCUT2D eigenvalue weighted by Crippen LogP contribution is -2.42. The van der Waals surface area contributed by atoms with Crippen LogP contribution in [0, 0.1) is 5.82 Å². The molecule has 3 N–H and O–H groups in total. The molecule has 6 nitrogen and oxygen atoms in total. The molecule has 7 heteroatoms. The van der Waals surface area contributed by atoms with Crippen LogP contribution in [-0.2, 0) is 17.9 Å². The number of rotatable bonds is 5. The number of benzene rings is 1. The van der Waals surface area contributed by atoms with Gasteiger partial charge in [0, 0.05) is 23.7 Å². The monoisotopic (exact) mass is 336 g/mol. The number of nitrogens with two attached hydrogens (primary N) is 1. The Labute approximate surface area is 141 Å². The first kappa shape index (κ1) is 17.0. The maximum absolute atomic E-state index is 13.7. The van der Waals surface area contributed by atoms with Gasteiger partial charge < -0.3 is 20.5 Å². The molecule has 24 heavy (non-hydrogen) atoms. The van der Waals surface area contributed by atoms with Gasteiger partial charge in [-0.05, 0) is 38.1 Å². The van der Waals surface area contributed by atoms with E-state index in [-0.39, 0.29) is 19.2 Å². The molecule has 1 atom stereocenters. The number of nitrogens with one attached hydrogen (secondary N) is 1. The second-order valence-electron chi connectivity index (χ2n) is 6.17. The summed E-state index contributed by atoms with van der Waals surface area (Å²) in [5.41, 5.74) is 7.36. The van der Waals surface area contributed by atoms with Gasteiger partial charge in [0.25, 0.3) is 0 Å². The van der Waals surface area contributed by atoms with Crippen LogP contribution in [0.1, 0.15) is 30.9 Å². The summed E-state index contributed by atoms with van der Waals surface area (Å²) < 4.78 is 24.4. The second-order valence-corrected chi connectivity index (χ2v) is 6.17. The van der Waals surface area contributed by atoms with Crippen molar-refractivity contribution >= 4 is 5.96 Å². The number of nitrogens with zero attached hydrogens (tertiary/aromatic N) is 2. The summed E-state index contributed by atoms with van der Waals surface area (Å²) in [5, 5.41) is 3.18. The molecule has 1 unspecified atom stereocenters. The van der Waals surface area contributed by atoms with E-state index in [9.17, 15) is 4.39 Å². The van der Waals surface area contributed by atoms with Crippen LogP contribution in [0.2, 0.25) is 0 Å². The first-order chi connectivity index (χ1) is 11.7. The highest BCUT2D eigenvalue weighted by atomic mass is 19.1. The minimum atomic E-state index is -0.316. The molecular weight excluding hydrogens is 311 g/mol. The van der Waals surface area contributed by atoms with Crippen LogP contribution in [0.4, 0.5) is 4.39 Å². The fourth-order valence-corrected chi connectivity index (χ4v) is 3.37. The minimum Gasteiger partial charge on any atom is -0.467 e. The molecule has 2 aliphatic rings. The van der Waals surface area contributed by atoms with E-state index in [2.05, 4.69) is 22.1 Å². The zero-order valence-electron chi connectivity index (χ0n) is 14.1. The maximum atomic E-state index is 13.7. The lowest BCUT2D eigenvalue weighted by atomic mass is 10.1. The summed E-state index contributed by atoms with van der Waals surface area (Å²) in [6.07, 6.45) is 2.41. The molecule has 3 rings (SSSR count). The first-order valence-corrected chi connectivity index (χ1v) is 8.47. The zero-order valence-corrected chi connectivity index (χ0v) is 14.1. The van der Waals surface area contributed by atoms with Gasteiger partial charge in [-0.25, -0.2) is 9.38 Å². The van der Waals surface area contributed by atoms with Crippen LogP contribution in [0.15, 0.2) is 17.1 Å². The third-order valence-electron chi connectivity index (χ3n) is 4.60. The number of aliphatic imine (C=N–C) groups is 1. The summed E-state index contributed by atoms with van der Waals surface area (Å²) in [7, 11) is 0. The molecule has 0 saturated carbocycles. The number of ether oxygens (including phenoxy) is 2.